The number of amides is 2. The summed E-state index contributed by atoms with van der Waals surface area (Å²) in [4.78, 5) is 28.7. The van der Waals surface area contributed by atoms with E-state index in [9.17, 15) is 18.0 Å². The van der Waals surface area contributed by atoms with Gasteiger partial charge in [0.2, 0.25) is 11.8 Å². The number of rotatable bonds is 10. The van der Waals surface area contributed by atoms with Crippen LogP contribution in [0.25, 0.3) is 0 Å². The minimum Gasteiger partial charge on any atom is -0.350 e. The zero-order valence-electron chi connectivity index (χ0n) is 21.8. The van der Waals surface area contributed by atoms with Gasteiger partial charge >= 0.3 is 0 Å². The van der Waals surface area contributed by atoms with Gasteiger partial charge < -0.3 is 10.2 Å². The quantitative estimate of drug-likeness (QED) is 0.422. The van der Waals surface area contributed by atoms with E-state index in [0.29, 0.717) is 12.1 Å². The molecule has 0 spiro atoms. The number of hydrogen-bond acceptors (Lipinski definition) is 4. The molecule has 0 bridgehead atoms. The van der Waals surface area contributed by atoms with Crippen molar-refractivity contribution in [3.8, 4) is 0 Å². The first-order valence-corrected chi connectivity index (χ1v) is 13.7. The molecule has 0 saturated carbocycles. The lowest BCUT2D eigenvalue weighted by molar-refractivity contribution is -0.141. The molecule has 1 atom stereocenters. The number of carbonyl (C=O) groups excluding carboxylic acids is 2. The Morgan fingerprint density at radius 3 is 1.86 bits per heavy atom. The molecule has 0 aliphatic carbocycles. The van der Waals surface area contributed by atoms with Gasteiger partial charge in [-0.3, -0.25) is 13.9 Å². The molecule has 0 saturated heterocycles. The molecule has 37 heavy (non-hydrogen) atoms. The number of para-hydroxylation sites is 1. The van der Waals surface area contributed by atoms with Crippen molar-refractivity contribution in [2.75, 3.05) is 10.8 Å². The Labute approximate surface area is 220 Å². The topological polar surface area (TPSA) is 86.8 Å². The normalized spacial score (nSPS) is 12.4. The van der Waals surface area contributed by atoms with Gasteiger partial charge in [-0.05, 0) is 57.0 Å². The van der Waals surface area contributed by atoms with Crippen LogP contribution in [0.3, 0.4) is 0 Å². The van der Waals surface area contributed by atoms with Gasteiger partial charge in [0.1, 0.15) is 12.6 Å². The first-order valence-electron chi connectivity index (χ1n) is 12.3. The van der Waals surface area contributed by atoms with Crippen molar-refractivity contribution in [2.45, 2.75) is 57.1 Å². The van der Waals surface area contributed by atoms with Gasteiger partial charge in [0, 0.05) is 12.1 Å². The van der Waals surface area contributed by atoms with Crippen LogP contribution in [0.1, 0.15) is 39.7 Å². The molecule has 0 radical (unpaired) electrons. The molecule has 0 aliphatic rings. The van der Waals surface area contributed by atoms with Crippen molar-refractivity contribution in [3.63, 3.8) is 0 Å². The van der Waals surface area contributed by atoms with Crippen LogP contribution in [0.5, 0.6) is 0 Å². The number of sulfonamides is 1. The zero-order valence-corrected chi connectivity index (χ0v) is 22.6. The molecule has 2 amide bonds. The maximum absolute atomic E-state index is 13.9. The lowest BCUT2D eigenvalue weighted by Crippen LogP contribution is -2.55. The summed E-state index contributed by atoms with van der Waals surface area (Å²) in [6.45, 7) is 7.20. The molecule has 0 aromatic heterocycles. The third kappa shape index (κ3) is 7.43. The van der Waals surface area contributed by atoms with E-state index in [1.165, 1.54) is 17.0 Å². The lowest BCUT2D eigenvalue weighted by Gasteiger charge is -2.34. The van der Waals surface area contributed by atoms with Crippen LogP contribution in [-0.2, 0) is 26.2 Å². The summed E-state index contributed by atoms with van der Waals surface area (Å²) >= 11 is 0. The Morgan fingerprint density at radius 1 is 0.838 bits per heavy atom. The molecule has 0 fully saturated rings. The predicted molar refractivity (Wildman–Crippen MR) is 146 cm³/mol. The minimum atomic E-state index is -4.05. The highest BCUT2D eigenvalue weighted by Crippen LogP contribution is 2.24. The average Bonchev–Trinajstić information content (AvgIpc) is 2.87. The summed E-state index contributed by atoms with van der Waals surface area (Å²) in [5.41, 5.74) is 0.722. The third-order valence-corrected chi connectivity index (χ3v) is 7.52. The molecular formula is C29H35N3O4S. The van der Waals surface area contributed by atoms with Gasteiger partial charge in [-0.1, -0.05) is 73.7 Å². The van der Waals surface area contributed by atoms with Gasteiger partial charge in [0.15, 0.2) is 0 Å². The van der Waals surface area contributed by atoms with E-state index < -0.39 is 34.1 Å². The molecule has 7 nitrogen and oxygen atoms in total. The number of carbonyl (C=O) groups is 2. The highest BCUT2D eigenvalue weighted by molar-refractivity contribution is 7.92. The average molecular weight is 522 g/mol. The predicted octanol–water partition coefficient (Wildman–Crippen LogP) is 4.60. The summed E-state index contributed by atoms with van der Waals surface area (Å²) in [6, 6.07) is 25.1. The third-order valence-electron chi connectivity index (χ3n) is 5.73. The molecular weight excluding hydrogens is 486 g/mol. The van der Waals surface area contributed by atoms with Crippen molar-refractivity contribution in [1.29, 1.82) is 0 Å². The Kier molecular flexibility index (Phi) is 9.10. The van der Waals surface area contributed by atoms with Gasteiger partial charge in [-0.15, -0.1) is 0 Å². The van der Waals surface area contributed by atoms with Gasteiger partial charge in [0.25, 0.3) is 10.0 Å². The standard InChI is InChI=1S/C29H35N3O4S/c1-5-26(28(34)30-29(2,3)4)31(21-23-15-9-6-10-16-23)27(33)22-32(24-17-11-7-12-18-24)37(35,36)25-19-13-8-14-20-25/h6-20,26H,5,21-22H2,1-4H3,(H,30,34)/t26-/m1/s1. The van der Waals surface area contributed by atoms with E-state index in [-0.39, 0.29) is 17.3 Å². The SMILES string of the molecule is CC[C@H](C(=O)NC(C)(C)C)N(Cc1ccccc1)C(=O)CN(c1ccccc1)S(=O)(=O)c1ccccc1. The smallest absolute Gasteiger partial charge is 0.264 e. The summed E-state index contributed by atoms with van der Waals surface area (Å²) in [7, 11) is -4.05. The molecule has 3 aromatic carbocycles. The maximum Gasteiger partial charge on any atom is 0.264 e. The largest absolute Gasteiger partial charge is 0.350 e. The maximum atomic E-state index is 13.9. The monoisotopic (exact) mass is 521 g/mol. The van der Waals surface area contributed by atoms with Crippen molar-refractivity contribution < 1.29 is 18.0 Å². The number of nitrogens with one attached hydrogen (secondary N) is 1. The molecule has 8 heteroatoms. The number of hydrogen-bond donors (Lipinski definition) is 1. The van der Waals surface area contributed by atoms with Crippen molar-refractivity contribution in [3.05, 3.63) is 96.6 Å². The summed E-state index contributed by atoms with van der Waals surface area (Å²) < 4.78 is 28.5. The number of nitrogens with zero attached hydrogens (tertiary/aromatic N) is 2. The van der Waals surface area contributed by atoms with Crippen LogP contribution in [0.15, 0.2) is 95.9 Å². The fourth-order valence-electron chi connectivity index (χ4n) is 4.00. The Bertz CT molecular complexity index is 1270. The van der Waals surface area contributed by atoms with Crippen molar-refractivity contribution >= 4 is 27.5 Å². The molecule has 196 valence electrons. The van der Waals surface area contributed by atoms with E-state index in [2.05, 4.69) is 5.32 Å². The first-order chi connectivity index (χ1) is 17.5. The van der Waals surface area contributed by atoms with E-state index in [0.717, 1.165) is 9.87 Å². The molecule has 0 aliphatic heterocycles. The van der Waals surface area contributed by atoms with Crippen LogP contribution in [0.2, 0.25) is 0 Å². The zero-order chi connectivity index (χ0) is 27.1. The Balaban J connectivity index is 2.02. The van der Waals surface area contributed by atoms with Crippen LogP contribution in [0, 0.1) is 0 Å². The first kappa shape index (κ1) is 27.9. The lowest BCUT2D eigenvalue weighted by atomic mass is 10.1. The Morgan fingerprint density at radius 2 is 1.35 bits per heavy atom. The Hall–Kier alpha value is -3.65. The molecule has 0 unspecified atom stereocenters. The van der Waals surface area contributed by atoms with Crippen LogP contribution >= 0.6 is 0 Å². The summed E-state index contributed by atoms with van der Waals surface area (Å²) in [6.07, 6.45) is 0.372. The van der Waals surface area contributed by atoms with Crippen LogP contribution in [0.4, 0.5) is 5.69 Å². The van der Waals surface area contributed by atoms with E-state index in [1.54, 1.807) is 48.5 Å². The van der Waals surface area contributed by atoms with Gasteiger partial charge in [-0.25, -0.2) is 8.42 Å². The van der Waals surface area contributed by atoms with Crippen LogP contribution in [-0.4, -0.2) is 43.3 Å². The highest BCUT2D eigenvalue weighted by Gasteiger charge is 2.34. The second kappa shape index (κ2) is 12.1. The van der Waals surface area contributed by atoms with E-state index in [4.69, 9.17) is 0 Å². The molecule has 1 N–H and O–H groups in total. The number of benzene rings is 3. The second-order valence-corrected chi connectivity index (χ2v) is 11.7. The highest BCUT2D eigenvalue weighted by atomic mass is 32.2. The minimum absolute atomic E-state index is 0.0822. The van der Waals surface area contributed by atoms with E-state index >= 15 is 0 Å². The fourth-order valence-corrected chi connectivity index (χ4v) is 5.43. The second-order valence-electron chi connectivity index (χ2n) is 9.83. The van der Waals surface area contributed by atoms with Crippen molar-refractivity contribution in [1.82, 2.24) is 10.2 Å². The molecule has 3 aromatic rings. The number of anilines is 1. The van der Waals surface area contributed by atoms with Gasteiger partial charge in [0.05, 0.1) is 10.6 Å². The fraction of sp³-hybridized carbons (Fsp3) is 0.310. The van der Waals surface area contributed by atoms with Gasteiger partial charge in [-0.2, -0.15) is 0 Å². The van der Waals surface area contributed by atoms with Crippen molar-refractivity contribution in [2.24, 2.45) is 0 Å². The molecule has 0 heterocycles. The van der Waals surface area contributed by atoms with Crippen LogP contribution < -0.4 is 9.62 Å². The van der Waals surface area contributed by atoms with E-state index in [1.807, 2.05) is 58.0 Å². The summed E-state index contributed by atoms with van der Waals surface area (Å²) in [5, 5.41) is 2.97. The molecule has 3 rings (SSSR count). The summed E-state index contributed by atoms with van der Waals surface area (Å²) in [5.74, 6) is -0.750.